The molecule has 0 saturated heterocycles. The topological polar surface area (TPSA) is 0 Å². The van der Waals surface area contributed by atoms with Crippen LogP contribution in [0.1, 0.15) is 12.8 Å². The van der Waals surface area contributed by atoms with Gasteiger partial charge in [0.2, 0.25) is 0 Å². The molecule has 0 bridgehead atoms. The monoisotopic (exact) mass is 63.1 g/mol. The summed E-state index contributed by atoms with van der Waals surface area (Å²) in [7, 11) is 0. The van der Waals surface area contributed by atoms with Crippen molar-refractivity contribution in [3.63, 3.8) is 0 Å². The van der Waals surface area contributed by atoms with Gasteiger partial charge in [0.15, 0.2) is 0 Å². The molecule has 0 atom stereocenters. The maximum atomic E-state index is 3.68. The maximum absolute atomic E-state index is 3.68. The quantitative estimate of drug-likeness (QED) is 0.422. The molecular formula is C4H8Li. The van der Waals surface area contributed by atoms with E-state index in [0.29, 0.717) is 0 Å². The van der Waals surface area contributed by atoms with E-state index in [9.17, 15) is 0 Å². The van der Waals surface area contributed by atoms with Crippen LogP contribution in [0.2, 0.25) is 5.09 Å². The van der Waals surface area contributed by atoms with Crippen LogP contribution in [0.25, 0.3) is 0 Å². The van der Waals surface area contributed by atoms with Crippen molar-refractivity contribution in [2.75, 3.05) is 0 Å². The molecule has 25 valence electrons. The molecule has 0 unspecified atom stereocenters. The van der Waals surface area contributed by atoms with E-state index in [1.54, 1.807) is 0 Å². The molecule has 5 heavy (non-hydrogen) atoms. The normalized spacial score (nSPS) is 8.60. The van der Waals surface area contributed by atoms with Crippen molar-refractivity contribution < 1.29 is 0 Å². The Bertz CT molecular complexity index is 11.1. The fourth-order valence-electron chi connectivity index (χ4n) is 0.250. The van der Waals surface area contributed by atoms with E-state index in [1.807, 2.05) is 0 Å². The van der Waals surface area contributed by atoms with Gasteiger partial charge in [0.05, 0.1) is 0 Å². The van der Waals surface area contributed by atoms with Gasteiger partial charge in [-0.15, -0.1) is 0 Å². The van der Waals surface area contributed by atoms with E-state index in [0.717, 1.165) is 6.42 Å². The average Bonchev–Trinajstić information content (AvgIpc) is 1.41. The first-order chi connectivity index (χ1) is 2.41. The summed E-state index contributed by atoms with van der Waals surface area (Å²) in [6.45, 7) is 3.68. The van der Waals surface area contributed by atoms with Gasteiger partial charge in [0.25, 0.3) is 0 Å². The Morgan fingerprint density at radius 2 is 2.20 bits per heavy atom. The summed E-state index contributed by atoms with van der Waals surface area (Å²) in [4.78, 5) is 0. The Kier molecular flexibility index (Phi) is 5.15. The van der Waals surface area contributed by atoms with Crippen LogP contribution in [-0.4, -0.2) is 17.7 Å². The number of hydrogen-bond acceptors (Lipinski definition) is 0. The summed E-state index contributed by atoms with van der Waals surface area (Å²) in [6.07, 6.45) is 2.37. The molecule has 0 aliphatic carbocycles. The molecule has 0 aromatic heterocycles. The van der Waals surface area contributed by atoms with Gasteiger partial charge in [-0.05, 0) is 0 Å². The zero-order valence-electron chi connectivity index (χ0n) is 3.83. The minimum atomic E-state index is 1.09. The van der Waals surface area contributed by atoms with Gasteiger partial charge in [0.1, 0.15) is 0 Å². The first kappa shape index (κ1) is 5.60. The second-order valence-corrected chi connectivity index (χ2v) is 1.21. The summed E-state index contributed by atoms with van der Waals surface area (Å²) in [5.74, 6) is 0. The van der Waals surface area contributed by atoms with Crippen LogP contribution in [-0.2, 0) is 0 Å². The molecule has 0 saturated carbocycles. The Morgan fingerprint density at radius 3 is 2.20 bits per heavy atom. The first-order valence-electron chi connectivity index (χ1n) is 2.21. The van der Waals surface area contributed by atoms with Crippen LogP contribution in [0.3, 0.4) is 0 Å². The Morgan fingerprint density at radius 1 is 1.60 bits per heavy atom. The molecular weight excluding hydrogens is 55.0 g/mol. The van der Waals surface area contributed by atoms with Crippen molar-refractivity contribution in [2.24, 2.45) is 0 Å². The first-order valence-corrected chi connectivity index (χ1v) is 2.21. The molecule has 0 N–H and O–H groups in total. The van der Waals surface area contributed by atoms with Crippen LogP contribution >= 0.6 is 0 Å². The number of rotatable bonds is 2. The molecule has 1 radical (unpaired) electrons. The molecule has 0 nitrogen and oxygen atoms in total. The molecule has 0 rings (SSSR count). The second-order valence-electron chi connectivity index (χ2n) is 1.21. The third-order valence-corrected chi connectivity index (χ3v) is 0.604. The van der Waals surface area contributed by atoms with Gasteiger partial charge in [-0.2, -0.15) is 0 Å². The predicted molar refractivity (Wildman–Crippen MR) is 25.2 cm³/mol. The van der Waals surface area contributed by atoms with E-state index in [4.69, 9.17) is 0 Å². The van der Waals surface area contributed by atoms with Crippen molar-refractivity contribution in [1.29, 1.82) is 0 Å². The zero-order chi connectivity index (χ0) is 4.12. The van der Waals surface area contributed by atoms with E-state index in [-0.39, 0.29) is 0 Å². The molecule has 0 aromatic carbocycles. The summed E-state index contributed by atoms with van der Waals surface area (Å²) in [5.41, 5.74) is 0. The molecule has 0 fully saturated rings. The molecule has 0 amide bonds. The molecule has 0 heterocycles. The fraction of sp³-hybridized carbons (Fsp3) is 0.750. The van der Waals surface area contributed by atoms with Gasteiger partial charge in [-0.3, -0.25) is 0 Å². The van der Waals surface area contributed by atoms with Crippen molar-refractivity contribution in [3.05, 3.63) is 6.92 Å². The Labute approximate surface area is 43.2 Å². The summed E-state index contributed by atoms with van der Waals surface area (Å²) < 4.78 is 0. The number of hydrogen-bond donors (Lipinski definition) is 0. The molecule has 0 aliphatic heterocycles. The number of unbranched alkanes of at least 4 members (excludes halogenated alkanes) is 1. The van der Waals surface area contributed by atoms with Crippen LogP contribution in [0, 0.1) is 6.92 Å². The molecule has 0 spiro atoms. The van der Waals surface area contributed by atoms with Crippen molar-refractivity contribution >= 4 is 17.7 Å². The Balaban J connectivity index is 2.19. The Hall–Kier alpha value is 0.597. The van der Waals surface area contributed by atoms with Crippen molar-refractivity contribution in [3.8, 4) is 0 Å². The van der Waals surface area contributed by atoms with Crippen molar-refractivity contribution in [1.82, 2.24) is 0 Å². The van der Waals surface area contributed by atoms with E-state index in [2.05, 4.69) is 24.6 Å². The SMILES string of the molecule is [Li][CH2]CC[CH2]. The summed E-state index contributed by atoms with van der Waals surface area (Å²) >= 11 is 2.17. The molecule has 1 heteroatoms. The van der Waals surface area contributed by atoms with Crippen molar-refractivity contribution in [2.45, 2.75) is 17.9 Å². The standard InChI is InChI=1S/C4H8.Li/c1-3-4-2;/h1-4H2;. The van der Waals surface area contributed by atoms with E-state index < -0.39 is 0 Å². The van der Waals surface area contributed by atoms with Gasteiger partial charge < -0.3 is 0 Å². The average molecular weight is 63.0 g/mol. The van der Waals surface area contributed by atoms with Gasteiger partial charge >= 0.3 is 42.6 Å². The van der Waals surface area contributed by atoms with Crippen LogP contribution in [0.4, 0.5) is 0 Å². The van der Waals surface area contributed by atoms with Gasteiger partial charge in [0, 0.05) is 0 Å². The zero-order valence-corrected chi connectivity index (χ0v) is 3.83. The third kappa shape index (κ3) is 4.60. The summed E-state index contributed by atoms with van der Waals surface area (Å²) in [6, 6.07) is 0. The van der Waals surface area contributed by atoms with E-state index in [1.165, 1.54) is 11.5 Å². The summed E-state index contributed by atoms with van der Waals surface area (Å²) in [5, 5.41) is 1.28. The van der Waals surface area contributed by atoms with Gasteiger partial charge in [-0.25, -0.2) is 0 Å². The second kappa shape index (κ2) is 4.60. The fourth-order valence-corrected chi connectivity index (χ4v) is 0.250. The molecule has 0 aromatic rings. The molecule has 0 aliphatic rings. The predicted octanol–water partition coefficient (Wildman–Crippen LogP) is 1.19. The van der Waals surface area contributed by atoms with Crippen LogP contribution < -0.4 is 0 Å². The van der Waals surface area contributed by atoms with Gasteiger partial charge in [-0.1, -0.05) is 0 Å². The van der Waals surface area contributed by atoms with Crippen LogP contribution in [0.5, 0.6) is 0 Å². The van der Waals surface area contributed by atoms with Crippen LogP contribution in [0.15, 0.2) is 0 Å². The minimum absolute atomic E-state index is 1.09. The third-order valence-electron chi connectivity index (χ3n) is 0.604. The van der Waals surface area contributed by atoms with E-state index >= 15 is 0 Å².